The Bertz CT molecular complexity index is 766. The van der Waals surface area contributed by atoms with Gasteiger partial charge < -0.3 is 46.3 Å². The van der Waals surface area contributed by atoms with Crippen molar-refractivity contribution in [1.29, 1.82) is 0 Å². The van der Waals surface area contributed by atoms with E-state index in [0.29, 0.717) is 53.5 Å². The van der Waals surface area contributed by atoms with Crippen molar-refractivity contribution in [2.24, 2.45) is 5.41 Å². The zero-order valence-corrected chi connectivity index (χ0v) is 34.5. The Morgan fingerprint density at radius 1 is 1.05 bits per heavy atom. The van der Waals surface area contributed by atoms with Crippen LogP contribution >= 0.6 is 12.9 Å². The van der Waals surface area contributed by atoms with Gasteiger partial charge in [-0.15, -0.1) is 0 Å². The Morgan fingerprint density at radius 3 is 2.24 bits per heavy atom. The first-order chi connectivity index (χ1) is 17.8. The second-order valence-electron chi connectivity index (χ2n) is 9.85. The van der Waals surface area contributed by atoms with Crippen molar-refractivity contribution in [3.05, 3.63) is 0 Å². The minimum atomic E-state index is -3.67. The number of ether oxygens (including phenoxy) is 1. The maximum Gasteiger partial charge on any atom is 0.495 e. The van der Waals surface area contributed by atoms with E-state index in [4.69, 9.17) is 41.5 Å². The Morgan fingerprint density at radius 2 is 1.71 bits per heavy atom. The van der Waals surface area contributed by atoms with Crippen LogP contribution in [0.4, 0.5) is 0 Å². The number of carbonyl (C=O) groups excluding carboxylic acids is 1. The molecule has 0 aromatic carbocycles. The molecule has 0 spiro atoms. The normalized spacial score (nSPS) is 37.6. The average Bonchev–Trinajstić information content (AvgIpc) is 3.00. The zero-order chi connectivity index (χ0) is 28.7. The summed E-state index contributed by atoms with van der Waals surface area (Å²) in [5.41, 5.74) is -0.568. The number of esters is 1. The number of thiol groups is 1. The highest BCUT2D eigenvalue weighted by atomic mass is 32.1. The molecule has 0 saturated carbocycles. The van der Waals surface area contributed by atoms with Gasteiger partial charge in [0.25, 0.3) is 0 Å². The first-order valence-electron chi connectivity index (χ1n) is 13.4. The topological polar surface area (TPSA) is 130 Å². The van der Waals surface area contributed by atoms with E-state index in [9.17, 15) is 9.59 Å². The van der Waals surface area contributed by atoms with E-state index in [-0.39, 0.29) is 12.6 Å². The van der Waals surface area contributed by atoms with Gasteiger partial charge in [-0.05, 0) is 45.6 Å². The molecule has 2 rings (SSSR count). The van der Waals surface area contributed by atoms with Crippen LogP contribution in [0.2, 0.25) is 30.2 Å². The molecule has 0 amide bonds. The Kier molecular flexibility index (Phi) is 14.0. The third-order valence-corrected chi connectivity index (χ3v) is 37.7. The molecule has 38 heavy (non-hydrogen) atoms. The highest BCUT2D eigenvalue weighted by molar-refractivity contribution is 7.76. The highest BCUT2D eigenvalue weighted by Gasteiger charge is 2.63. The summed E-state index contributed by atoms with van der Waals surface area (Å²) in [5.74, 6) is -0.256. The average molecular weight is 699 g/mol. The Balaban J connectivity index is 2.50. The number of hydrogen-bond donors (Lipinski definition) is 2. The van der Waals surface area contributed by atoms with E-state index >= 15 is 0 Å². The molecule has 224 valence electrons. The van der Waals surface area contributed by atoms with Crippen molar-refractivity contribution in [2.75, 3.05) is 6.61 Å². The van der Waals surface area contributed by atoms with E-state index < -0.39 is 68.0 Å². The molecule has 2 heterocycles. The second kappa shape index (κ2) is 15.1. The molecule has 2 aliphatic heterocycles. The van der Waals surface area contributed by atoms with Gasteiger partial charge in [0.2, 0.25) is 0 Å². The van der Waals surface area contributed by atoms with Gasteiger partial charge in [0.1, 0.15) is 10.5 Å². The van der Waals surface area contributed by atoms with Gasteiger partial charge in [0, 0.05) is 24.2 Å². The fraction of sp³-hybridized carbons (Fsp3) is 0.941. The van der Waals surface area contributed by atoms with Crippen LogP contribution in [-0.4, -0.2) is 90.4 Å². The SMILES string of the molecule is CC[SiH]1O[SiH]2O[Si](O)(CC)O[Si](CC)(O[SiH3])O[Si](CCCOC(=O)C(C)(C)CC)(O[SiH2]2)O[Si](CC)(OS)O1. The summed E-state index contributed by atoms with van der Waals surface area (Å²) in [4.78, 5) is 24.0. The van der Waals surface area contributed by atoms with Crippen molar-refractivity contribution in [2.45, 2.75) is 91.5 Å². The summed E-state index contributed by atoms with van der Waals surface area (Å²) in [5, 5.41) is 0. The molecule has 1 N–H and O–H groups in total. The molecule has 2 bridgehead atoms. The van der Waals surface area contributed by atoms with Gasteiger partial charge >= 0.3 is 59.3 Å². The van der Waals surface area contributed by atoms with E-state index in [1.807, 2.05) is 48.5 Å². The minimum Gasteiger partial charge on any atom is -0.465 e. The molecular formula is C17H46O12SSi8. The fourth-order valence-corrected chi connectivity index (χ4v) is 42.5. The van der Waals surface area contributed by atoms with Crippen molar-refractivity contribution < 1.29 is 51.1 Å². The molecule has 2 saturated heterocycles. The lowest BCUT2D eigenvalue weighted by Gasteiger charge is -2.43. The van der Waals surface area contributed by atoms with Gasteiger partial charge in [-0.25, -0.2) is 0 Å². The maximum absolute atomic E-state index is 12.5. The predicted molar refractivity (Wildman–Crippen MR) is 163 cm³/mol. The van der Waals surface area contributed by atoms with Gasteiger partial charge in [-0.2, -0.15) is 0 Å². The Hall–Kier alpha value is 1.16. The third kappa shape index (κ3) is 9.08. The van der Waals surface area contributed by atoms with Crippen LogP contribution in [0.25, 0.3) is 0 Å². The van der Waals surface area contributed by atoms with Gasteiger partial charge in [0.15, 0.2) is 9.28 Å². The summed E-state index contributed by atoms with van der Waals surface area (Å²) < 4.78 is 63.0. The third-order valence-electron chi connectivity index (χ3n) is 6.70. The summed E-state index contributed by atoms with van der Waals surface area (Å²) in [6.45, 7) is 13.5. The molecule has 0 radical (unpaired) electrons. The predicted octanol–water partition coefficient (Wildman–Crippen LogP) is 0.507. The lowest BCUT2D eigenvalue weighted by atomic mass is 9.91. The Labute approximate surface area is 245 Å². The zero-order valence-electron chi connectivity index (χ0n) is 23.9. The van der Waals surface area contributed by atoms with Crippen LogP contribution in [-0.2, 0) is 46.3 Å². The number of rotatable bonds is 12. The standard InChI is InChI=1S/C17H46O12SSi8/c1-8-17(6,7)16(18)20-14-13-15-38-23-32-34(24-33(9-2)25-36(11-4,21-30)28-38)26-35(19,10-3)27-37(12-5,22-31)29-38/h19,30,33-34H,8-15,32H2,1-7,31H3. The first kappa shape index (κ1) is 35.4. The quantitative estimate of drug-likeness (QED) is 0.0969. The molecule has 2 aliphatic rings. The van der Waals surface area contributed by atoms with Gasteiger partial charge in [-0.3, -0.25) is 4.79 Å². The maximum atomic E-state index is 12.5. The lowest BCUT2D eigenvalue weighted by molar-refractivity contribution is -0.154. The van der Waals surface area contributed by atoms with E-state index in [1.54, 1.807) is 0 Å². The molecule has 12 nitrogen and oxygen atoms in total. The summed E-state index contributed by atoms with van der Waals surface area (Å²) in [7, 11) is -20.2. The molecular weight excluding hydrogens is 653 g/mol. The summed E-state index contributed by atoms with van der Waals surface area (Å²) >= 11 is 4.18. The van der Waals surface area contributed by atoms with Crippen LogP contribution < -0.4 is 0 Å². The molecule has 6 atom stereocenters. The largest absolute Gasteiger partial charge is 0.495 e. The smallest absolute Gasteiger partial charge is 0.465 e. The molecule has 0 aromatic heterocycles. The second-order valence-corrected chi connectivity index (χ2v) is 32.8. The minimum absolute atomic E-state index is 0.176. The number of hydrogen-bond acceptors (Lipinski definition) is 13. The fourth-order valence-electron chi connectivity index (χ4n) is 3.70. The van der Waals surface area contributed by atoms with Gasteiger partial charge in [-0.1, -0.05) is 34.6 Å². The summed E-state index contributed by atoms with van der Waals surface area (Å²) in [6, 6.07) is 2.09. The van der Waals surface area contributed by atoms with Crippen LogP contribution in [0.3, 0.4) is 0 Å². The van der Waals surface area contributed by atoms with Crippen molar-refractivity contribution in [3.8, 4) is 0 Å². The van der Waals surface area contributed by atoms with Crippen molar-refractivity contribution in [3.63, 3.8) is 0 Å². The molecule has 0 aromatic rings. The molecule has 2 fully saturated rings. The highest BCUT2D eigenvalue weighted by Crippen LogP contribution is 2.36. The molecule has 21 heteroatoms. The van der Waals surface area contributed by atoms with E-state index in [1.165, 1.54) is 0 Å². The van der Waals surface area contributed by atoms with Crippen molar-refractivity contribution in [1.82, 2.24) is 0 Å². The monoisotopic (exact) mass is 698 g/mol. The first-order valence-corrected chi connectivity index (χ1v) is 28.9. The van der Waals surface area contributed by atoms with Crippen LogP contribution in [0.1, 0.15) is 61.3 Å². The lowest BCUT2D eigenvalue weighted by Crippen LogP contribution is -2.66. The van der Waals surface area contributed by atoms with Crippen LogP contribution in [0.5, 0.6) is 0 Å². The molecule has 6 unspecified atom stereocenters. The van der Waals surface area contributed by atoms with Crippen LogP contribution in [0.15, 0.2) is 0 Å². The number of fused-ring (bicyclic) bond motifs is 3. The number of carbonyl (C=O) groups is 1. The van der Waals surface area contributed by atoms with Gasteiger partial charge in [0.05, 0.1) is 12.0 Å². The molecule has 0 aliphatic carbocycles. The van der Waals surface area contributed by atoms with Crippen molar-refractivity contribution >= 4 is 91.9 Å². The van der Waals surface area contributed by atoms with E-state index in [0.717, 1.165) is 0 Å². The van der Waals surface area contributed by atoms with Crippen LogP contribution in [0, 0.1) is 5.41 Å². The van der Waals surface area contributed by atoms with E-state index in [2.05, 4.69) is 12.9 Å². The summed E-state index contributed by atoms with van der Waals surface area (Å²) in [6.07, 6.45) is 1.10.